The zero-order chi connectivity index (χ0) is 22.7. The quantitative estimate of drug-likeness (QED) is 0.167. The highest BCUT2D eigenvalue weighted by molar-refractivity contribution is 6.01. The van der Waals surface area contributed by atoms with Gasteiger partial charge in [-0.3, -0.25) is 14.4 Å². The van der Waals surface area contributed by atoms with Crippen LogP contribution in [0.2, 0.25) is 0 Å². The van der Waals surface area contributed by atoms with Gasteiger partial charge < -0.3 is 4.84 Å². The van der Waals surface area contributed by atoms with Gasteiger partial charge in [0.15, 0.2) is 0 Å². The zero-order valence-electron chi connectivity index (χ0n) is 19.6. The second-order valence-corrected chi connectivity index (χ2v) is 8.78. The fourth-order valence-electron chi connectivity index (χ4n) is 3.86. The first-order valence-corrected chi connectivity index (χ1v) is 12.6. The molecule has 1 heterocycles. The van der Waals surface area contributed by atoms with Crippen LogP contribution in [0.4, 0.5) is 0 Å². The summed E-state index contributed by atoms with van der Waals surface area (Å²) in [5.74, 6) is -1.10. The van der Waals surface area contributed by atoms with E-state index < -0.39 is 17.8 Å². The summed E-state index contributed by atoms with van der Waals surface area (Å²) in [5.41, 5.74) is 0. The van der Waals surface area contributed by atoms with Crippen LogP contribution in [0.25, 0.3) is 0 Å². The molecule has 0 bridgehead atoms. The number of carbonyl (C=O) groups excluding carboxylic acids is 4. The minimum absolute atomic E-state index is 0.110. The Kier molecular flexibility index (Phi) is 15.8. The minimum atomic E-state index is -0.545. The number of imide groups is 1. The number of rotatable bonds is 20. The molecule has 0 saturated carbocycles. The molecule has 0 radical (unpaired) electrons. The zero-order valence-corrected chi connectivity index (χ0v) is 19.6. The maximum Gasteiger partial charge on any atom is 0.333 e. The van der Waals surface area contributed by atoms with Crippen molar-refractivity contribution in [3.05, 3.63) is 0 Å². The molecule has 6 nitrogen and oxygen atoms in total. The van der Waals surface area contributed by atoms with E-state index in [0.29, 0.717) is 30.1 Å². The predicted octanol–water partition coefficient (Wildman–Crippen LogP) is 6.20. The average Bonchev–Trinajstić information content (AvgIpc) is 3.06. The number of unbranched alkanes of at least 4 members (excludes halogenated alkanes) is 13. The predicted molar refractivity (Wildman–Crippen MR) is 121 cm³/mol. The van der Waals surface area contributed by atoms with Crippen molar-refractivity contribution in [1.29, 1.82) is 0 Å². The number of hydroxylamine groups is 2. The molecule has 31 heavy (non-hydrogen) atoms. The van der Waals surface area contributed by atoms with Gasteiger partial charge in [-0.15, -0.1) is 5.06 Å². The lowest BCUT2D eigenvalue weighted by Gasteiger charge is -2.12. The molecule has 0 aliphatic carbocycles. The van der Waals surface area contributed by atoms with E-state index in [9.17, 15) is 19.2 Å². The second-order valence-electron chi connectivity index (χ2n) is 8.78. The Morgan fingerprint density at radius 1 is 0.645 bits per heavy atom. The fourth-order valence-corrected chi connectivity index (χ4v) is 3.86. The van der Waals surface area contributed by atoms with E-state index in [4.69, 9.17) is 4.84 Å². The van der Waals surface area contributed by atoms with Crippen LogP contribution in [-0.2, 0) is 24.0 Å². The Labute approximate surface area is 188 Å². The van der Waals surface area contributed by atoms with Crippen LogP contribution in [0, 0.1) is 0 Å². The Morgan fingerprint density at radius 2 is 1.03 bits per heavy atom. The smallest absolute Gasteiger partial charge is 0.330 e. The molecular weight excluding hydrogens is 394 g/mol. The normalized spacial score (nSPS) is 13.8. The summed E-state index contributed by atoms with van der Waals surface area (Å²) in [6, 6.07) is 0. The molecule has 0 aromatic carbocycles. The standard InChI is InChI=1S/C25H43NO5/c1-2-3-4-5-6-7-8-9-10-11-14-17-22(27)18-15-12-13-16-19-25(30)31-26-23(28)20-21-24(26)29/h2-21H2,1H3. The van der Waals surface area contributed by atoms with E-state index in [1.54, 1.807) is 0 Å². The summed E-state index contributed by atoms with van der Waals surface area (Å²) in [7, 11) is 0. The largest absolute Gasteiger partial charge is 0.333 e. The van der Waals surface area contributed by atoms with Gasteiger partial charge in [0.25, 0.3) is 11.8 Å². The number of carbonyl (C=O) groups is 4. The number of amides is 2. The summed E-state index contributed by atoms with van der Waals surface area (Å²) >= 11 is 0. The van der Waals surface area contributed by atoms with Crippen molar-refractivity contribution in [2.75, 3.05) is 0 Å². The number of Topliss-reactive ketones (excluding diaryl/α,β-unsaturated/α-hetero) is 1. The van der Waals surface area contributed by atoms with Gasteiger partial charge >= 0.3 is 5.97 Å². The molecule has 0 N–H and O–H groups in total. The van der Waals surface area contributed by atoms with Crippen molar-refractivity contribution in [3.8, 4) is 0 Å². The van der Waals surface area contributed by atoms with Crippen molar-refractivity contribution >= 4 is 23.6 Å². The monoisotopic (exact) mass is 437 g/mol. The van der Waals surface area contributed by atoms with E-state index in [1.165, 1.54) is 57.8 Å². The van der Waals surface area contributed by atoms with E-state index in [-0.39, 0.29) is 19.3 Å². The molecule has 178 valence electrons. The molecule has 1 saturated heterocycles. The molecule has 0 atom stereocenters. The molecule has 1 rings (SSSR count). The lowest BCUT2D eigenvalue weighted by atomic mass is 10.0. The highest BCUT2D eigenvalue weighted by atomic mass is 16.7. The summed E-state index contributed by atoms with van der Waals surface area (Å²) in [4.78, 5) is 51.3. The molecule has 0 spiro atoms. The summed E-state index contributed by atoms with van der Waals surface area (Å²) < 4.78 is 0. The van der Waals surface area contributed by atoms with Crippen molar-refractivity contribution in [2.24, 2.45) is 0 Å². The summed E-state index contributed by atoms with van der Waals surface area (Å²) in [5, 5.41) is 0.593. The second kappa shape index (κ2) is 17.9. The molecule has 0 aromatic rings. The van der Waals surface area contributed by atoms with Crippen LogP contribution < -0.4 is 0 Å². The number of hydrogen-bond donors (Lipinski definition) is 0. The van der Waals surface area contributed by atoms with E-state index >= 15 is 0 Å². The number of hydrogen-bond acceptors (Lipinski definition) is 5. The Bertz CT molecular complexity index is 530. The Hall–Kier alpha value is -1.72. The van der Waals surface area contributed by atoms with Crippen LogP contribution in [0.1, 0.15) is 135 Å². The summed E-state index contributed by atoms with van der Waals surface area (Å²) in [6.45, 7) is 2.25. The maximum absolute atomic E-state index is 12.0. The van der Waals surface area contributed by atoms with Crippen molar-refractivity contribution in [1.82, 2.24) is 5.06 Å². The van der Waals surface area contributed by atoms with Gasteiger partial charge in [0, 0.05) is 32.1 Å². The molecule has 1 fully saturated rings. The van der Waals surface area contributed by atoms with Gasteiger partial charge in [0.1, 0.15) is 5.78 Å². The van der Waals surface area contributed by atoms with Gasteiger partial charge in [-0.1, -0.05) is 84.0 Å². The summed E-state index contributed by atoms with van der Waals surface area (Å²) in [6.07, 6.45) is 19.2. The maximum atomic E-state index is 12.0. The molecule has 1 aliphatic rings. The van der Waals surface area contributed by atoms with E-state index in [2.05, 4.69) is 6.92 Å². The van der Waals surface area contributed by atoms with Crippen LogP contribution >= 0.6 is 0 Å². The molecule has 0 unspecified atom stereocenters. The first-order valence-electron chi connectivity index (χ1n) is 12.6. The van der Waals surface area contributed by atoms with Crippen LogP contribution in [0.3, 0.4) is 0 Å². The third-order valence-corrected chi connectivity index (χ3v) is 5.84. The van der Waals surface area contributed by atoms with E-state index in [0.717, 1.165) is 32.1 Å². The van der Waals surface area contributed by atoms with Crippen LogP contribution in [0.5, 0.6) is 0 Å². The van der Waals surface area contributed by atoms with Gasteiger partial charge in [-0.25, -0.2) is 4.79 Å². The number of nitrogens with zero attached hydrogens (tertiary/aromatic N) is 1. The van der Waals surface area contributed by atoms with Crippen molar-refractivity contribution in [2.45, 2.75) is 135 Å². The van der Waals surface area contributed by atoms with Crippen molar-refractivity contribution < 1.29 is 24.0 Å². The first kappa shape index (κ1) is 27.3. The van der Waals surface area contributed by atoms with Gasteiger partial charge in [-0.05, 0) is 19.3 Å². The highest BCUT2D eigenvalue weighted by Gasteiger charge is 2.32. The topological polar surface area (TPSA) is 80.8 Å². The third kappa shape index (κ3) is 14.1. The van der Waals surface area contributed by atoms with Gasteiger partial charge in [0.05, 0.1) is 0 Å². The SMILES string of the molecule is CCCCCCCCCCCCCC(=O)CCCCCCC(=O)ON1C(=O)CCC1=O. The lowest BCUT2D eigenvalue weighted by molar-refractivity contribution is -0.197. The van der Waals surface area contributed by atoms with Crippen LogP contribution in [0.15, 0.2) is 0 Å². The number of ketones is 1. The molecule has 2 amide bonds. The molecular formula is C25H43NO5. The highest BCUT2D eigenvalue weighted by Crippen LogP contribution is 2.15. The van der Waals surface area contributed by atoms with Crippen molar-refractivity contribution in [3.63, 3.8) is 0 Å². The average molecular weight is 438 g/mol. The fraction of sp³-hybridized carbons (Fsp3) is 0.840. The lowest BCUT2D eigenvalue weighted by Crippen LogP contribution is -2.31. The minimum Gasteiger partial charge on any atom is -0.330 e. The Morgan fingerprint density at radius 3 is 1.48 bits per heavy atom. The molecule has 6 heteroatoms. The Balaban J connectivity index is 1.85. The van der Waals surface area contributed by atoms with E-state index in [1.807, 2.05) is 0 Å². The van der Waals surface area contributed by atoms with Gasteiger partial charge in [-0.2, -0.15) is 0 Å². The first-order chi connectivity index (χ1) is 15.0. The third-order valence-electron chi connectivity index (χ3n) is 5.84. The van der Waals surface area contributed by atoms with Crippen LogP contribution in [-0.4, -0.2) is 28.6 Å². The van der Waals surface area contributed by atoms with Gasteiger partial charge in [0.2, 0.25) is 0 Å². The molecule has 1 aliphatic heterocycles. The molecule has 0 aromatic heterocycles.